The Morgan fingerprint density at radius 1 is 1.04 bits per heavy atom. The van der Waals surface area contributed by atoms with Gasteiger partial charge < -0.3 is 5.01 Å². The summed E-state index contributed by atoms with van der Waals surface area (Å²) in [5.41, 5.74) is 3.67. The van der Waals surface area contributed by atoms with Crippen molar-refractivity contribution in [3.05, 3.63) is 29.8 Å². The van der Waals surface area contributed by atoms with Gasteiger partial charge >= 0.3 is 6.18 Å². The summed E-state index contributed by atoms with van der Waals surface area (Å²) in [5, 5.41) is 1.81. The van der Waals surface area contributed by atoms with Crippen LogP contribution in [0.2, 0.25) is 0 Å². The molecule has 24 heavy (non-hydrogen) atoms. The standard InChI is InChI=1S/C18H23F3N2.ClH/c1-23(16-4-2-3-15(8-16)18(19,20)21)22-17-9-12-5-13(10-17)7-14(6-12)11-17;/h2-4,8,12-14,22H,5-7,9-11H2,1H3;1H. The van der Waals surface area contributed by atoms with Crippen molar-refractivity contribution in [3.63, 3.8) is 0 Å². The van der Waals surface area contributed by atoms with E-state index in [1.54, 1.807) is 6.07 Å². The number of nitrogens with one attached hydrogen (secondary N) is 1. The van der Waals surface area contributed by atoms with Crippen molar-refractivity contribution >= 4 is 18.1 Å². The van der Waals surface area contributed by atoms with E-state index in [9.17, 15) is 13.2 Å². The first-order chi connectivity index (χ1) is 10.8. The molecule has 134 valence electrons. The van der Waals surface area contributed by atoms with Crippen LogP contribution in [0, 0.1) is 17.8 Å². The lowest BCUT2D eigenvalue weighted by molar-refractivity contribution is -0.137. The highest BCUT2D eigenvalue weighted by molar-refractivity contribution is 5.85. The molecule has 5 rings (SSSR count). The summed E-state index contributed by atoms with van der Waals surface area (Å²) in [6.07, 6.45) is 3.28. The predicted octanol–water partition coefficient (Wildman–Crippen LogP) is 5.04. The van der Waals surface area contributed by atoms with Gasteiger partial charge in [-0.25, -0.2) is 5.43 Å². The average Bonchev–Trinajstić information content (AvgIpc) is 2.44. The van der Waals surface area contributed by atoms with Crippen LogP contribution in [0.25, 0.3) is 0 Å². The van der Waals surface area contributed by atoms with Crippen LogP contribution in [0.1, 0.15) is 44.1 Å². The molecule has 1 N–H and O–H groups in total. The van der Waals surface area contributed by atoms with Gasteiger partial charge in [-0.3, -0.25) is 0 Å². The quantitative estimate of drug-likeness (QED) is 0.760. The number of hydrogen-bond acceptors (Lipinski definition) is 2. The van der Waals surface area contributed by atoms with E-state index in [4.69, 9.17) is 0 Å². The number of hydrazine groups is 1. The molecular weight excluding hydrogens is 337 g/mol. The molecule has 0 radical (unpaired) electrons. The molecular formula is C18H24ClF3N2. The van der Waals surface area contributed by atoms with Crippen molar-refractivity contribution in [1.29, 1.82) is 0 Å². The molecule has 0 saturated heterocycles. The van der Waals surface area contributed by atoms with Crippen LogP contribution in [0.5, 0.6) is 0 Å². The van der Waals surface area contributed by atoms with Gasteiger partial charge in [-0.15, -0.1) is 12.4 Å². The first-order valence-corrected chi connectivity index (χ1v) is 8.52. The average molecular weight is 361 g/mol. The molecule has 6 heteroatoms. The van der Waals surface area contributed by atoms with E-state index in [-0.39, 0.29) is 17.9 Å². The normalized spacial score (nSPS) is 34.1. The summed E-state index contributed by atoms with van der Waals surface area (Å²) in [5.74, 6) is 2.43. The third-order valence-corrected chi connectivity index (χ3v) is 6.00. The molecule has 0 aliphatic heterocycles. The fourth-order valence-corrected chi connectivity index (χ4v) is 5.56. The number of halogens is 4. The number of hydrogen-bond donors (Lipinski definition) is 1. The summed E-state index contributed by atoms with van der Waals surface area (Å²) in [6, 6.07) is 5.58. The molecule has 0 spiro atoms. The Morgan fingerprint density at radius 2 is 1.58 bits per heavy atom. The number of benzene rings is 1. The second-order valence-electron chi connectivity index (χ2n) is 7.92. The van der Waals surface area contributed by atoms with Gasteiger partial charge in [-0.1, -0.05) is 6.07 Å². The molecule has 4 fully saturated rings. The van der Waals surface area contributed by atoms with E-state index in [0.29, 0.717) is 5.69 Å². The third kappa shape index (κ3) is 3.25. The predicted molar refractivity (Wildman–Crippen MR) is 91.1 cm³/mol. The van der Waals surface area contributed by atoms with E-state index in [2.05, 4.69) is 5.43 Å². The zero-order valence-corrected chi connectivity index (χ0v) is 14.6. The Kier molecular flexibility index (Phi) is 4.54. The molecule has 1 aromatic rings. The summed E-state index contributed by atoms with van der Waals surface area (Å²) in [4.78, 5) is 0. The van der Waals surface area contributed by atoms with Gasteiger partial charge in [0, 0.05) is 12.6 Å². The summed E-state index contributed by atoms with van der Waals surface area (Å²) < 4.78 is 38.7. The van der Waals surface area contributed by atoms with Crippen molar-refractivity contribution in [2.45, 2.75) is 50.2 Å². The second-order valence-corrected chi connectivity index (χ2v) is 7.92. The van der Waals surface area contributed by atoms with Crippen LogP contribution in [0.15, 0.2) is 24.3 Å². The topological polar surface area (TPSA) is 15.3 Å². The highest BCUT2D eigenvalue weighted by Gasteiger charge is 2.51. The van der Waals surface area contributed by atoms with Gasteiger partial charge in [0.05, 0.1) is 11.3 Å². The molecule has 4 aliphatic rings. The maximum absolute atomic E-state index is 12.9. The van der Waals surface area contributed by atoms with Crippen LogP contribution >= 0.6 is 12.4 Å². The molecule has 0 amide bonds. The molecule has 2 nitrogen and oxygen atoms in total. The summed E-state index contributed by atoms with van der Waals surface area (Å²) >= 11 is 0. The van der Waals surface area contributed by atoms with Crippen molar-refractivity contribution < 1.29 is 13.2 Å². The first kappa shape index (κ1) is 17.9. The largest absolute Gasteiger partial charge is 0.416 e. The van der Waals surface area contributed by atoms with Crippen molar-refractivity contribution in [2.24, 2.45) is 17.8 Å². The molecule has 4 saturated carbocycles. The Bertz CT molecular complexity index is 567. The van der Waals surface area contributed by atoms with Crippen molar-refractivity contribution in [3.8, 4) is 0 Å². The van der Waals surface area contributed by atoms with Crippen LogP contribution < -0.4 is 10.4 Å². The number of alkyl halides is 3. The van der Waals surface area contributed by atoms with Gasteiger partial charge in [0.2, 0.25) is 0 Å². The minimum Gasteiger partial charge on any atom is -0.311 e. The highest BCUT2D eigenvalue weighted by atomic mass is 35.5. The molecule has 0 aromatic heterocycles. The van der Waals surface area contributed by atoms with Gasteiger partial charge in [0.15, 0.2) is 0 Å². The van der Waals surface area contributed by atoms with Gasteiger partial charge in [-0.05, 0) is 74.5 Å². The second kappa shape index (κ2) is 6.10. The zero-order valence-electron chi connectivity index (χ0n) is 13.8. The Hall–Kier alpha value is -0.940. The Balaban J connectivity index is 0.00000169. The molecule has 0 heterocycles. The SMILES string of the molecule is CN(NC12CC3CC(CC(C3)C1)C2)c1cccc(C(F)(F)F)c1.Cl. The van der Waals surface area contributed by atoms with Crippen molar-refractivity contribution in [1.82, 2.24) is 5.43 Å². The van der Waals surface area contributed by atoms with Gasteiger partial charge in [0.25, 0.3) is 0 Å². The third-order valence-electron chi connectivity index (χ3n) is 6.00. The number of rotatable bonds is 3. The van der Waals surface area contributed by atoms with E-state index < -0.39 is 11.7 Å². The lowest BCUT2D eigenvalue weighted by Gasteiger charge is -2.57. The van der Waals surface area contributed by atoms with Gasteiger partial charge in [-0.2, -0.15) is 13.2 Å². The van der Waals surface area contributed by atoms with E-state index in [1.807, 2.05) is 12.1 Å². The van der Waals surface area contributed by atoms with Crippen LogP contribution in [0.3, 0.4) is 0 Å². The zero-order chi connectivity index (χ0) is 16.2. The van der Waals surface area contributed by atoms with Crippen molar-refractivity contribution in [2.75, 3.05) is 12.1 Å². The molecule has 4 bridgehead atoms. The first-order valence-electron chi connectivity index (χ1n) is 8.52. The Morgan fingerprint density at radius 3 is 2.08 bits per heavy atom. The number of anilines is 1. The Labute approximate surface area is 147 Å². The molecule has 0 atom stereocenters. The van der Waals surface area contributed by atoms with E-state index >= 15 is 0 Å². The van der Waals surface area contributed by atoms with Crippen LogP contribution in [0.4, 0.5) is 18.9 Å². The fraction of sp³-hybridized carbons (Fsp3) is 0.667. The maximum Gasteiger partial charge on any atom is 0.416 e. The van der Waals surface area contributed by atoms with Crippen LogP contribution in [-0.2, 0) is 6.18 Å². The molecule has 1 aromatic carbocycles. The summed E-state index contributed by atoms with van der Waals surface area (Å²) in [7, 11) is 1.84. The fourth-order valence-electron chi connectivity index (χ4n) is 5.56. The molecule has 0 unspecified atom stereocenters. The van der Waals surface area contributed by atoms with E-state index in [1.165, 1.54) is 50.7 Å². The number of nitrogens with zero attached hydrogens (tertiary/aromatic N) is 1. The maximum atomic E-state index is 12.9. The van der Waals surface area contributed by atoms with Crippen LogP contribution in [-0.4, -0.2) is 12.6 Å². The van der Waals surface area contributed by atoms with Gasteiger partial charge in [0.1, 0.15) is 0 Å². The minimum absolute atomic E-state index is 0. The lowest BCUT2D eigenvalue weighted by Crippen LogP contribution is -2.62. The van der Waals surface area contributed by atoms with E-state index in [0.717, 1.165) is 23.8 Å². The molecule has 4 aliphatic carbocycles. The minimum atomic E-state index is -4.29. The monoisotopic (exact) mass is 360 g/mol. The summed E-state index contributed by atoms with van der Waals surface area (Å²) in [6.45, 7) is 0. The lowest BCUT2D eigenvalue weighted by atomic mass is 9.53. The highest BCUT2D eigenvalue weighted by Crippen LogP contribution is 2.55. The smallest absolute Gasteiger partial charge is 0.311 e.